The Morgan fingerprint density at radius 3 is 2.54 bits per heavy atom. The zero-order valence-electron chi connectivity index (χ0n) is 9.30. The van der Waals surface area contributed by atoms with Gasteiger partial charge in [-0.25, -0.2) is 0 Å². The summed E-state index contributed by atoms with van der Waals surface area (Å²) in [4.78, 5) is 10.2. The predicted octanol–water partition coefficient (Wildman–Crippen LogP) is 2.81. The van der Waals surface area contributed by atoms with Crippen LogP contribution in [0.15, 0.2) is 0 Å². The molecule has 0 saturated heterocycles. The predicted molar refractivity (Wildman–Crippen MR) is 54.8 cm³/mol. The van der Waals surface area contributed by atoms with Crippen LogP contribution in [-0.4, -0.2) is 18.5 Å². The molecule has 0 heterocycles. The third-order valence-corrected chi connectivity index (χ3v) is 2.27. The first-order valence-corrected chi connectivity index (χ1v) is 5.09. The fourth-order valence-corrected chi connectivity index (χ4v) is 1.34. The second-order valence-electron chi connectivity index (χ2n) is 4.24. The lowest BCUT2D eigenvalue weighted by Crippen LogP contribution is -2.25. The maximum Gasteiger partial charge on any atom is 0.120 e. The van der Waals surface area contributed by atoms with Gasteiger partial charge in [0, 0.05) is 13.0 Å². The number of ether oxygens (including phenoxy) is 1. The van der Waals surface area contributed by atoms with Crippen LogP contribution in [0.25, 0.3) is 0 Å². The number of rotatable bonds is 7. The number of aldehydes is 1. The molecule has 0 amide bonds. The minimum Gasteiger partial charge on any atom is -0.376 e. The van der Waals surface area contributed by atoms with Gasteiger partial charge in [-0.1, -0.05) is 6.92 Å². The first-order chi connectivity index (χ1) is 6.02. The Balaban J connectivity index is 3.66. The summed E-state index contributed by atoms with van der Waals surface area (Å²) < 4.78 is 5.57. The minimum atomic E-state index is -0.0358. The van der Waals surface area contributed by atoms with Gasteiger partial charge < -0.3 is 9.53 Å². The standard InChI is InChI=1S/C11H22O2/c1-5-13-11(3,4)8-6-10(2)7-9-12/h9-10H,5-8H2,1-4H3. The van der Waals surface area contributed by atoms with E-state index in [1.54, 1.807) is 0 Å². The van der Waals surface area contributed by atoms with E-state index in [0.29, 0.717) is 12.3 Å². The molecule has 0 aromatic rings. The SMILES string of the molecule is CCOC(C)(C)CCC(C)CC=O. The molecule has 2 nitrogen and oxygen atoms in total. The fraction of sp³-hybridized carbons (Fsp3) is 0.909. The highest BCUT2D eigenvalue weighted by Gasteiger charge is 2.18. The highest BCUT2D eigenvalue weighted by Crippen LogP contribution is 2.20. The van der Waals surface area contributed by atoms with Crippen molar-refractivity contribution in [2.45, 2.75) is 52.6 Å². The van der Waals surface area contributed by atoms with Gasteiger partial charge in [0.25, 0.3) is 0 Å². The van der Waals surface area contributed by atoms with E-state index in [-0.39, 0.29) is 5.60 Å². The maximum atomic E-state index is 10.2. The summed E-state index contributed by atoms with van der Waals surface area (Å²) in [7, 11) is 0. The molecule has 0 saturated carbocycles. The van der Waals surface area contributed by atoms with Gasteiger partial charge in [-0.05, 0) is 39.5 Å². The zero-order valence-corrected chi connectivity index (χ0v) is 9.30. The molecule has 0 aliphatic heterocycles. The summed E-state index contributed by atoms with van der Waals surface area (Å²) in [5.74, 6) is 0.484. The lowest BCUT2D eigenvalue weighted by Gasteiger charge is -2.25. The third kappa shape index (κ3) is 6.76. The summed E-state index contributed by atoms with van der Waals surface area (Å²) in [5, 5.41) is 0. The summed E-state index contributed by atoms with van der Waals surface area (Å²) in [6.45, 7) is 9.08. The highest BCUT2D eigenvalue weighted by molar-refractivity contribution is 5.49. The van der Waals surface area contributed by atoms with Gasteiger partial charge in [0.1, 0.15) is 6.29 Å². The monoisotopic (exact) mass is 186 g/mol. The van der Waals surface area contributed by atoms with Crippen molar-refractivity contribution in [2.24, 2.45) is 5.92 Å². The Bertz CT molecular complexity index is 141. The van der Waals surface area contributed by atoms with Gasteiger partial charge in [0.05, 0.1) is 5.60 Å². The molecule has 0 N–H and O–H groups in total. The fourth-order valence-electron chi connectivity index (χ4n) is 1.34. The second-order valence-corrected chi connectivity index (χ2v) is 4.24. The Morgan fingerprint density at radius 1 is 1.46 bits per heavy atom. The molecule has 0 radical (unpaired) electrons. The van der Waals surface area contributed by atoms with E-state index in [0.717, 1.165) is 25.7 Å². The lowest BCUT2D eigenvalue weighted by molar-refractivity contribution is -0.108. The summed E-state index contributed by atoms with van der Waals surface area (Å²) in [6.07, 6.45) is 3.75. The van der Waals surface area contributed by atoms with Gasteiger partial charge in [-0.3, -0.25) is 0 Å². The first kappa shape index (κ1) is 12.6. The smallest absolute Gasteiger partial charge is 0.120 e. The Hall–Kier alpha value is -0.370. The molecule has 0 fully saturated rings. The first-order valence-electron chi connectivity index (χ1n) is 5.09. The number of hydrogen-bond donors (Lipinski definition) is 0. The van der Waals surface area contributed by atoms with Crippen molar-refractivity contribution in [1.82, 2.24) is 0 Å². The van der Waals surface area contributed by atoms with E-state index in [4.69, 9.17) is 4.74 Å². The minimum absolute atomic E-state index is 0.0358. The van der Waals surface area contributed by atoms with Crippen LogP contribution in [0.2, 0.25) is 0 Å². The molecule has 0 aromatic carbocycles. The van der Waals surface area contributed by atoms with Crippen molar-refractivity contribution < 1.29 is 9.53 Å². The summed E-state index contributed by atoms with van der Waals surface area (Å²) >= 11 is 0. The Kier molecular flexibility index (Phi) is 5.97. The highest BCUT2D eigenvalue weighted by atomic mass is 16.5. The molecule has 78 valence electrons. The Labute approximate surface area is 81.7 Å². The van der Waals surface area contributed by atoms with E-state index in [2.05, 4.69) is 20.8 Å². The quantitative estimate of drug-likeness (QED) is 0.571. The number of carbonyl (C=O) groups is 1. The van der Waals surface area contributed by atoms with Gasteiger partial charge in [0.2, 0.25) is 0 Å². The van der Waals surface area contributed by atoms with E-state index >= 15 is 0 Å². The largest absolute Gasteiger partial charge is 0.376 e. The molecular weight excluding hydrogens is 164 g/mol. The average molecular weight is 186 g/mol. The lowest BCUT2D eigenvalue weighted by atomic mass is 9.94. The normalized spacial score (nSPS) is 14.2. The molecule has 0 bridgehead atoms. The van der Waals surface area contributed by atoms with Crippen molar-refractivity contribution in [2.75, 3.05) is 6.61 Å². The second kappa shape index (κ2) is 6.14. The van der Waals surface area contributed by atoms with Crippen molar-refractivity contribution in [1.29, 1.82) is 0 Å². The van der Waals surface area contributed by atoms with Crippen LogP contribution in [0.5, 0.6) is 0 Å². The molecule has 0 rings (SSSR count). The summed E-state index contributed by atoms with van der Waals surface area (Å²) in [5.41, 5.74) is -0.0358. The van der Waals surface area contributed by atoms with E-state index in [1.165, 1.54) is 0 Å². The molecule has 1 unspecified atom stereocenters. The van der Waals surface area contributed by atoms with E-state index < -0.39 is 0 Å². The van der Waals surface area contributed by atoms with Gasteiger partial charge in [0.15, 0.2) is 0 Å². The van der Waals surface area contributed by atoms with Crippen LogP contribution in [0, 0.1) is 5.92 Å². The van der Waals surface area contributed by atoms with Crippen molar-refractivity contribution in [3.8, 4) is 0 Å². The van der Waals surface area contributed by atoms with Crippen LogP contribution in [0.1, 0.15) is 47.0 Å². The molecule has 13 heavy (non-hydrogen) atoms. The van der Waals surface area contributed by atoms with Crippen LogP contribution in [0.4, 0.5) is 0 Å². The van der Waals surface area contributed by atoms with E-state index in [9.17, 15) is 4.79 Å². The molecule has 0 aliphatic rings. The Morgan fingerprint density at radius 2 is 2.08 bits per heavy atom. The number of hydrogen-bond acceptors (Lipinski definition) is 2. The molecule has 0 aromatic heterocycles. The molecular formula is C11H22O2. The van der Waals surface area contributed by atoms with E-state index in [1.807, 2.05) is 6.92 Å². The van der Waals surface area contributed by atoms with Crippen molar-refractivity contribution in [3.63, 3.8) is 0 Å². The zero-order chi connectivity index (χ0) is 10.3. The van der Waals surface area contributed by atoms with Crippen LogP contribution < -0.4 is 0 Å². The van der Waals surface area contributed by atoms with Crippen LogP contribution >= 0.6 is 0 Å². The molecule has 0 aliphatic carbocycles. The van der Waals surface area contributed by atoms with Crippen molar-refractivity contribution >= 4 is 6.29 Å². The van der Waals surface area contributed by atoms with Gasteiger partial charge >= 0.3 is 0 Å². The van der Waals surface area contributed by atoms with Crippen LogP contribution in [-0.2, 0) is 9.53 Å². The summed E-state index contributed by atoms with van der Waals surface area (Å²) in [6, 6.07) is 0. The maximum absolute atomic E-state index is 10.2. The molecule has 0 spiro atoms. The molecule has 2 heteroatoms. The van der Waals surface area contributed by atoms with Gasteiger partial charge in [-0.15, -0.1) is 0 Å². The van der Waals surface area contributed by atoms with Crippen molar-refractivity contribution in [3.05, 3.63) is 0 Å². The molecule has 1 atom stereocenters. The average Bonchev–Trinajstić information content (AvgIpc) is 2.02. The van der Waals surface area contributed by atoms with Crippen LogP contribution in [0.3, 0.4) is 0 Å². The third-order valence-electron chi connectivity index (χ3n) is 2.27. The number of carbonyl (C=O) groups excluding carboxylic acids is 1. The van der Waals surface area contributed by atoms with Gasteiger partial charge in [-0.2, -0.15) is 0 Å². The topological polar surface area (TPSA) is 26.3 Å².